The topological polar surface area (TPSA) is 58.4 Å². The van der Waals surface area contributed by atoms with Gasteiger partial charge >= 0.3 is 0 Å². The van der Waals surface area contributed by atoms with Crippen LogP contribution in [-0.2, 0) is 6.54 Å². The minimum Gasteiger partial charge on any atom is -0.456 e. The summed E-state index contributed by atoms with van der Waals surface area (Å²) in [5.74, 6) is 1.71. The fraction of sp³-hybridized carbons (Fsp3) is 0.286. The number of aryl methyl sites for hydroxylation is 1. The Hall–Kier alpha value is -2.30. The molecular formula is C14H17N3O2. The van der Waals surface area contributed by atoms with Gasteiger partial charge in [-0.2, -0.15) is 0 Å². The van der Waals surface area contributed by atoms with Gasteiger partial charge in [0.25, 0.3) is 5.91 Å². The molecule has 19 heavy (non-hydrogen) atoms. The van der Waals surface area contributed by atoms with Gasteiger partial charge in [0.05, 0.1) is 0 Å². The number of carbonyl (C=O) groups is 1. The number of aromatic nitrogens is 1. The van der Waals surface area contributed by atoms with Gasteiger partial charge in [0, 0.05) is 26.8 Å². The molecule has 0 aliphatic rings. The molecule has 0 aliphatic carbocycles. The summed E-state index contributed by atoms with van der Waals surface area (Å²) in [5.41, 5.74) is 0.996. The Bertz CT molecular complexity index is 576. The second-order valence-electron chi connectivity index (χ2n) is 4.51. The Kier molecular flexibility index (Phi) is 3.85. The average molecular weight is 259 g/mol. The van der Waals surface area contributed by atoms with Crippen LogP contribution in [0.25, 0.3) is 0 Å². The van der Waals surface area contributed by atoms with Gasteiger partial charge in [0.15, 0.2) is 5.76 Å². The van der Waals surface area contributed by atoms with Gasteiger partial charge < -0.3 is 14.6 Å². The van der Waals surface area contributed by atoms with Crippen molar-refractivity contribution in [2.75, 3.05) is 19.0 Å². The highest BCUT2D eigenvalue weighted by atomic mass is 16.3. The van der Waals surface area contributed by atoms with Crippen molar-refractivity contribution in [1.82, 2.24) is 10.3 Å². The lowest BCUT2D eigenvalue weighted by molar-refractivity contribution is 0.0922. The molecule has 0 bridgehead atoms. The molecule has 2 rings (SSSR count). The molecule has 5 nitrogen and oxygen atoms in total. The van der Waals surface area contributed by atoms with E-state index in [1.165, 1.54) is 0 Å². The van der Waals surface area contributed by atoms with E-state index < -0.39 is 0 Å². The van der Waals surface area contributed by atoms with E-state index >= 15 is 0 Å². The molecule has 0 unspecified atom stereocenters. The number of pyridine rings is 1. The number of nitrogens with one attached hydrogen (secondary N) is 1. The van der Waals surface area contributed by atoms with Gasteiger partial charge in [-0.3, -0.25) is 4.79 Å². The summed E-state index contributed by atoms with van der Waals surface area (Å²) in [7, 11) is 3.85. The van der Waals surface area contributed by atoms with Crippen LogP contribution in [-0.4, -0.2) is 25.0 Å². The standard InChI is InChI=1S/C14H17N3O2/c1-10-4-5-12(19-10)14(18)16-9-11-6-7-15-13(8-11)17(2)3/h4-8H,9H2,1-3H3,(H,16,18). The number of anilines is 1. The monoisotopic (exact) mass is 259 g/mol. The van der Waals surface area contributed by atoms with E-state index in [0.717, 1.165) is 17.1 Å². The van der Waals surface area contributed by atoms with E-state index in [1.54, 1.807) is 18.3 Å². The number of furan rings is 1. The largest absolute Gasteiger partial charge is 0.456 e. The zero-order valence-corrected chi connectivity index (χ0v) is 11.3. The van der Waals surface area contributed by atoms with Crippen molar-refractivity contribution in [2.24, 2.45) is 0 Å². The molecule has 2 aromatic heterocycles. The molecule has 0 fully saturated rings. The Morgan fingerprint density at radius 2 is 2.16 bits per heavy atom. The molecule has 1 N–H and O–H groups in total. The molecular weight excluding hydrogens is 242 g/mol. The summed E-state index contributed by atoms with van der Waals surface area (Å²) >= 11 is 0. The van der Waals surface area contributed by atoms with Crippen molar-refractivity contribution in [3.8, 4) is 0 Å². The van der Waals surface area contributed by atoms with Crippen LogP contribution in [0.15, 0.2) is 34.9 Å². The fourth-order valence-electron chi connectivity index (χ4n) is 1.64. The number of amides is 1. The van der Waals surface area contributed by atoms with Crippen LogP contribution in [0.2, 0.25) is 0 Å². The van der Waals surface area contributed by atoms with Gasteiger partial charge in [-0.05, 0) is 36.8 Å². The lowest BCUT2D eigenvalue weighted by Crippen LogP contribution is -2.22. The summed E-state index contributed by atoms with van der Waals surface area (Å²) in [4.78, 5) is 18.0. The SMILES string of the molecule is Cc1ccc(C(=O)NCc2ccnc(N(C)C)c2)o1. The van der Waals surface area contributed by atoms with E-state index in [0.29, 0.717) is 12.3 Å². The van der Waals surface area contributed by atoms with Crippen LogP contribution in [0, 0.1) is 6.92 Å². The fourth-order valence-corrected chi connectivity index (χ4v) is 1.64. The van der Waals surface area contributed by atoms with E-state index in [1.807, 2.05) is 38.1 Å². The predicted molar refractivity (Wildman–Crippen MR) is 73.2 cm³/mol. The summed E-state index contributed by atoms with van der Waals surface area (Å²) < 4.78 is 5.26. The molecule has 0 atom stereocenters. The second kappa shape index (κ2) is 5.56. The first kappa shape index (κ1) is 13.1. The quantitative estimate of drug-likeness (QED) is 0.912. The summed E-state index contributed by atoms with van der Waals surface area (Å²) in [6.45, 7) is 2.25. The zero-order valence-electron chi connectivity index (χ0n) is 11.3. The van der Waals surface area contributed by atoms with Crippen molar-refractivity contribution < 1.29 is 9.21 Å². The van der Waals surface area contributed by atoms with Crippen molar-refractivity contribution >= 4 is 11.7 Å². The summed E-state index contributed by atoms with van der Waals surface area (Å²) in [6, 6.07) is 7.25. The molecule has 0 aromatic carbocycles. The van der Waals surface area contributed by atoms with Gasteiger partial charge in [0.1, 0.15) is 11.6 Å². The highest BCUT2D eigenvalue weighted by molar-refractivity contribution is 5.91. The Morgan fingerprint density at radius 3 is 2.79 bits per heavy atom. The van der Waals surface area contributed by atoms with Crippen molar-refractivity contribution in [2.45, 2.75) is 13.5 Å². The molecule has 5 heteroatoms. The highest BCUT2D eigenvalue weighted by Crippen LogP contribution is 2.10. The summed E-state index contributed by atoms with van der Waals surface area (Å²) in [5, 5.41) is 2.82. The van der Waals surface area contributed by atoms with Crippen LogP contribution < -0.4 is 10.2 Å². The third-order valence-electron chi connectivity index (χ3n) is 2.69. The van der Waals surface area contributed by atoms with Gasteiger partial charge in [-0.25, -0.2) is 4.98 Å². The van der Waals surface area contributed by atoms with Crippen molar-refractivity contribution in [3.63, 3.8) is 0 Å². The zero-order chi connectivity index (χ0) is 13.8. The number of carbonyl (C=O) groups excluding carboxylic acids is 1. The molecule has 0 spiro atoms. The first-order valence-corrected chi connectivity index (χ1v) is 6.03. The highest BCUT2D eigenvalue weighted by Gasteiger charge is 2.09. The molecule has 0 radical (unpaired) electrons. The van der Waals surface area contributed by atoms with E-state index in [9.17, 15) is 4.79 Å². The van der Waals surface area contributed by atoms with E-state index in [2.05, 4.69) is 10.3 Å². The van der Waals surface area contributed by atoms with E-state index in [4.69, 9.17) is 4.42 Å². The van der Waals surface area contributed by atoms with Gasteiger partial charge in [0.2, 0.25) is 0 Å². The smallest absolute Gasteiger partial charge is 0.287 e. The molecule has 1 amide bonds. The Labute approximate surface area is 112 Å². The third-order valence-corrected chi connectivity index (χ3v) is 2.69. The minimum atomic E-state index is -0.212. The lowest BCUT2D eigenvalue weighted by atomic mass is 10.2. The van der Waals surface area contributed by atoms with Gasteiger partial charge in [-0.1, -0.05) is 0 Å². The Morgan fingerprint density at radius 1 is 1.37 bits per heavy atom. The molecule has 0 saturated heterocycles. The molecule has 2 aromatic rings. The Balaban J connectivity index is 1.99. The van der Waals surface area contributed by atoms with Crippen LogP contribution >= 0.6 is 0 Å². The van der Waals surface area contributed by atoms with Gasteiger partial charge in [-0.15, -0.1) is 0 Å². The maximum atomic E-state index is 11.8. The summed E-state index contributed by atoms with van der Waals surface area (Å²) in [6.07, 6.45) is 1.73. The first-order valence-electron chi connectivity index (χ1n) is 6.03. The maximum absolute atomic E-state index is 11.8. The van der Waals surface area contributed by atoms with Crippen LogP contribution in [0.4, 0.5) is 5.82 Å². The number of hydrogen-bond acceptors (Lipinski definition) is 4. The third kappa shape index (κ3) is 3.34. The number of nitrogens with zero attached hydrogens (tertiary/aromatic N) is 2. The predicted octanol–water partition coefficient (Wildman–Crippen LogP) is 1.98. The molecule has 0 saturated carbocycles. The van der Waals surface area contributed by atoms with Crippen molar-refractivity contribution in [3.05, 3.63) is 47.5 Å². The molecule has 100 valence electrons. The maximum Gasteiger partial charge on any atom is 0.287 e. The number of hydrogen-bond donors (Lipinski definition) is 1. The molecule has 2 heterocycles. The minimum absolute atomic E-state index is 0.212. The average Bonchev–Trinajstić information content (AvgIpc) is 2.83. The number of rotatable bonds is 4. The second-order valence-corrected chi connectivity index (χ2v) is 4.51. The van der Waals surface area contributed by atoms with E-state index in [-0.39, 0.29) is 5.91 Å². The molecule has 0 aliphatic heterocycles. The van der Waals surface area contributed by atoms with Crippen LogP contribution in [0.3, 0.4) is 0 Å². The van der Waals surface area contributed by atoms with Crippen LogP contribution in [0.1, 0.15) is 21.9 Å². The van der Waals surface area contributed by atoms with Crippen molar-refractivity contribution in [1.29, 1.82) is 0 Å². The first-order chi connectivity index (χ1) is 9.06. The normalized spacial score (nSPS) is 10.3. The van der Waals surface area contributed by atoms with Crippen LogP contribution in [0.5, 0.6) is 0 Å². The lowest BCUT2D eigenvalue weighted by Gasteiger charge is -2.12.